The average molecular weight is 229 g/mol. The maximum absolute atomic E-state index is 11.4. The van der Waals surface area contributed by atoms with E-state index in [1.807, 2.05) is 0 Å². The lowest BCUT2D eigenvalue weighted by molar-refractivity contribution is -0.146. The highest BCUT2D eigenvalue weighted by Crippen LogP contribution is 2.14. The number of nitrogens with one attached hydrogen (secondary N) is 1. The summed E-state index contributed by atoms with van der Waals surface area (Å²) in [5, 5.41) is 21.4. The van der Waals surface area contributed by atoms with E-state index in [4.69, 9.17) is 10.2 Å². The molecule has 0 spiro atoms. The molecule has 1 rings (SSSR count). The Balaban J connectivity index is 2.51. The van der Waals surface area contributed by atoms with Crippen LogP contribution in [0.4, 0.5) is 0 Å². The lowest BCUT2D eigenvalue weighted by atomic mass is 10.3. The Morgan fingerprint density at radius 2 is 2.27 bits per heavy atom. The molecule has 3 N–H and O–H groups in total. The summed E-state index contributed by atoms with van der Waals surface area (Å²) in [6.45, 7) is 1.50. The van der Waals surface area contributed by atoms with Crippen LogP contribution in [0.5, 0.6) is 0 Å². The smallest absolute Gasteiger partial charge is 0.334 e. The standard InChI is InChI=1S/C9H11NO4S/c1-5-2-3-15-7(5)8(12)10-4-6(11)9(13)14/h2-3,6,11H,4H2,1H3,(H,10,12)(H,13,14). The number of hydrogen-bond acceptors (Lipinski definition) is 4. The van der Waals surface area contributed by atoms with Crippen molar-refractivity contribution in [2.75, 3.05) is 6.54 Å². The molecule has 1 atom stereocenters. The predicted octanol–water partition coefficient (Wildman–Crippen LogP) is 0.232. The van der Waals surface area contributed by atoms with E-state index in [9.17, 15) is 9.59 Å². The maximum Gasteiger partial charge on any atom is 0.334 e. The zero-order valence-electron chi connectivity index (χ0n) is 8.06. The van der Waals surface area contributed by atoms with Gasteiger partial charge >= 0.3 is 5.97 Å². The van der Waals surface area contributed by atoms with Crippen molar-refractivity contribution >= 4 is 23.2 Å². The van der Waals surface area contributed by atoms with Gasteiger partial charge in [-0.1, -0.05) is 0 Å². The lowest BCUT2D eigenvalue weighted by Crippen LogP contribution is -2.36. The van der Waals surface area contributed by atoms with Gasteiger partial charge in [-0.3, -0.25) is 4.79 Å². The summed E-state index contributed by atoms with van der Waals surface area (Å²) in [6, 6.07) is 1.80. The van der Waals surface area contributed by atoms with Crippen molar-refractivity contribution < 1.29 is 19.8 Å². The molecule has 0 radical (unpaired) electrons. The van der Waals surface area contributed by atoms with Crippen molar-refractivity contribution in [2.24, 2.45) is 0 Å². The van der Waals surface area contributed by atoms with E-state index in [0.717, 1.165) is 5.56 Å². The van der Waals surface area contributed by atoms with Crippen molar-refractivity contribution in [1.82, 2.24) is 5.32 Å². The van der Waals surface area contributed by atoms with Crippen molar-refractivity contribution in [3.8, 4) is 0 Å². The summed E-state index contributed by atoms with van der Waals surface area (Å²) in [5.74, 6) is -1.71. The molecular weight excluding hydrogens is 218 g/mol. The molecule has 0 saturated heterocycles. The summed E-state index contributed by atoms with van der Waals surface area (Å²) in [4.78, 5) is 22.3. The van der Waals surface area contributed by atoms with Crippen LogP contribution >= 0.6 is 11.3 Å². The number of hydrogen-bond donors (Lipinski definition) is 3. The molecule has 0 aliphatic carbocycles. The minimum absolute atomic E-state index is 0.286. The van der Waals surface area contributed by atoms with Gasteiger partial charge in [0.1, 0.15) is 0 Å². The third-order valence-corrected chi connectivity index (χ3v) is 2.82. The molecule has 0 aliphatic rings. The number of thiophene rings is 1. The molecule has 0 bridgehead atoms. The normalized spacial score (nSPS) is 12.1. The predicted molar refractivity (Wildman–Crippen MR) is 55.0 cm³/mol. The molecule has 15 heavy (non-hydrogen) atoms. The van der Waals surface area contributed by atoms with Gasteiger partial charge in [0.25, 0.3) is 5.91 Å². The van der Waals surface area contributed by atoms with Gasteiger partial charge in [0, 0.05) is 0 Å². The molecule has 1 amide bonds. The molecule has 6 heteroatoms. The number of carboxylic acid groups (broad SMARTS) is 1. The molecule has 0 aromatic carbocycles. The Hall–Kier alpha value is -1.40. The second-order valence-electron chi connectivity index (χ2n) is 3.00. The van der Waals surface area contributed by atoms with Crippen LogP contribution in [0, 0.1) is 6.92 Å². The van der Waals surface area contributed by atoms with E-state index < -0.39 is 12.1 Å². The fraction of sp³-hybridized carbons (Fsp3) is 0.333. The van der Waals surface area contributed by atoms with Crippen LogP contribution < -0.4 is 5.32 Å². The summed E-state index contributed by atoms with van der Waals surface area (Å²) >= 11 is 1.28. The SMILES string of the molecule is Cc1ccsc1C(=O)NCC(O)C(=O)O. The zero-order chi connectivity index (χ0) is 11.4. The third kappa shape index (κ3) is 3.03. The second kappa shape index (κ2) is 4.90. The molecular formula is C9H11NO4S. The van der Waals surface area contributed by atoms with E-state index in [1.54, 1.807) is 18.4 Å². The summed E-state index contributed by atoms with van der Waals surface area (Å²) in [6.07, 6.45) is -1.56. The number of aliphatic hydroxyl groups excluding tert-OH is 1. The fourth-order valence-electron chi connectivity index (χ4n) is 0.962. The highest BCUT2D eigenvalue weighted by molar-refractivity contribution is 7.12. The van der Waals surface area contributed by atoms with Gasteiger partial charge in [0.05, 0.1) is 11.4 Å². The first kappa shape index (κ1) is 11.7. The Morgan fingerprint density at radius 3 is 2.73 bits per heavy atom. The zero-order valence-corrected chi connectivity index (χ0v) is 8.87. The van der Waals surface area contributed by atoms with Crippen LogP contribution in [0.15, 0.2) is 11.4 Å². The first-order chi connectivity index (χ1) is 7.02. The Kier molecular flexibility index (Phi) is 3.81. The van der Waals surface area contributed by atoms with Crippen LogP contribution in [-0.2, 0) is 4.79 Å². The molecule has 0 saturated carbocycles. The minimum Gasteiger partial charge on any atom is -0.479 e. The third-order valence-electron chi connectivity index (χ3n) is 1.81. The molecule has 0 fully saturated rings. The molecule has 1 aromatic rings. The largest absolute Gasteiger partial charge is 0.479 e. The van der Waals surface area contributed by atoms with Crippen LogP contribution in [0.1, 0.15) is 15.2 Å². The van der Waals surface area contributed by atoms with Gasteiger partial charge in [-0.2, -0.15) is 0 Å². The number of carbonyl (C=O) groups is 2. The highest BCUT2D eigenvalue weighted by atomic mass is 32.1. The van der Waals surface area contributed by atoms with E-state index in [1.165, 1.54) is 11.3 Å². The fourth-order valence-corrected chi connectivity index (χ4v) is 1.80. The first-order valence-electron chi connectivity index (χ1n) is 4.25. The average Bonchev–Trinajstić information content (AvgIpc) is 2.60. The van der Waals surface area contributed by atoms with Crippen molar-refractivity contribution in [1.29, 1.82) is 0 Å². The Labute approximate surface area is 90.4 Å². The van der Waals surface area contributed by atoms with Crippen LogP contribution in [-0.4, -0.2) is 34.7 Å². The summed E-state index contributed by atoms with van der Waals surface area (Å²) in [7, 11) is 0. The Bertz CT molecular complexity index is 374. The summed E-state index contributed by atoms with van der Waals surface area (Å²) < 4.78 is 0. The van der Waals surface area contributed by atoms with Gasteiger partial charge in [-0.15, -0.1) is 11.3 Å². The second-order valence-corrected chi connectivity index (χ2v) is 3.91. The molecule has 1 aromatic heterocycles. The first-order valence-corrected chi connectivity index (χ1v) is 5.13. The number of rotatable bonds is 4. The molecule has 1 unspecified atom stereocenters. The van der Waals surface area contributed by atoms with Crippen LogP contribution in [0.2, 0.25) is 0 Å². The number of carbonyl (C=O) groups excluding carboxylic acids is 1. The van der Waals surface area contributed by atoms with E-state index in [0.29, 0.717) is 4.88 Å². The van der Waals surface area contributed by atoms with Gasteiger partial charge in [0.15, 0.2) is 6.10 Å². The van der Waals surface area contributed by atoms with Gasteiger partial charge in [-0.25, -0.2) is 4.79 Å². The van der Waals surface area contributed by atoms with Crippen molar-refractivity contribution in [3.05, 3.63) is 21.9 Å². The topological polar surface area (TPSA) is 86.6 Å². The number of aliphatic hydroxyl groups is 1. The van der Waals surface area contributed by atoms with Gasteiger partial charge < -0.3 is 15.5 Å². The van der Waals surface area contributed by atoms with Crippen molar-refractivity contribution in [3.63, 3.8) is 0 Å². The van der Waals surface area contributed by atoms with E-state index in [-0.39, 0.29) is 12.5 Å². The highest BCUT2D eigenvalue weighted by Gasteiger charge is 2.16. The lowest BCUT2D eigenvalue weighted by Gasteiger charge is -2.06. The molecule has 0 aliphatic heterocycles. The quantitative estimate of drug-likeness (QED) is 0.690. The van der Waals surface area contributed by atoms with Crippen LogP contribution in [0.3, 0.4) is 0 Å². The van der Waals surface area contributed by atoms with E-state index >= 15 is 0 Å². The number of amides is 1. The maximum atomic E-state index is 11.4. The Morgan fingerprint density at radius 1 is 1.60 bits per heavy atom. The number of aryl methyl sites for hydroxylation is 1. The van der Waals surface area contributed by atoms with Gasteiger partial charge in [0.2, 0.25) is 0 Å². The molecule has 5 nitrogen and oxygen atoms in total. The van der Waals surface area contributed by atoms with Crippen molar-refractivity contribution in [2.45, 2.75) is 13.0 Å². The number of carboxylic acids is 1. The van der Waals surface area contributed by atoms with Gasteiger partial charge in [-0.05, 0) is 23.9 Å². The number of aliphatic carboxylic acids is 1. The minimum atomic E-state index is -1.56. The monoisotopic (exact) mass is 229 g/mol. The molecule has 1 heterocycles. The van der Waals surface area contributed by atoms with Crippen LogP contribution in [0.25, 0.3) is 0 Å². The summed E-state index contributed by atoms with van der Waals surface area (Å²) in [5.41, 5.74) is 0.835. The molecule has 82 valence electrons. The van der Waals surface area contributed by atoms with E-state index in [2.05, 4.69) is 5.32 Å².